The Bertz CT molecular complexity index is 1910. The van der Waals surface area contributed by atoms with Crippen molar-refractivity contribution < 1.29 is 29.2 Å². The molecule has 0 radical (unpaired) electrons. The second-order valence-electron chi connectivity index (χ2n) is 11.0. The summed E-state index contributed by atoms with van der Waals surface area (Å²) >= 11 is 2.78. The van der Waals surface area contributed by atoms with Crippen molar-refractivity contribution in [3.05, 3.63) is 81.7 Å². The number of nitrogens with zero attached hydrogens (tertiary/aromatic N) is 4. The van der Waals surface area contributed by atoms with Gasteiger partial charge in [0, 0.05) is 10.4 Å². The zero-order valence-corrected chi connectivity index (χ0v) is 28.3. The van der Waals surface area contributed by atoms with Crippen LogP contribution in [0.5, 0.6) is 5.75 Å². The van der Waals surface area contributed by atoms with Gasteiger partial charge in [0.25, 0.3) is 0 Å². The predicted molar refractivity (Wildman–Crippen MR) is 188 cm³/mol. The number of hydrogen-bond donors (Lipinski definition) is 6. The molecule has 0 bridgehead atoms. The highest BCUT2D eigenvalue weighted by atomic mass is 32.1. The SMILES string of the molecule is Cc1cc(CNc2nc(C(=O)O)c(CCCOc3ccc(C#CCNCCC[C@@H](O)CO)cc3F)s2)nnc1Nc1nc2ccccc2s1. The summed E-state index contributed by atoms with van der Waals surface area (Å²) in [4.78, 5) is 21.3. The highest BCUT2D eigenvalue weighted by Crippen LogP contribution is 2.29. The van der Waals surface area contributed by atoms with Gasteiger partial charge < -0.3 is 36.0 Å². The number of aliphatic hydroxyl groups is 2. The molecule has 3 aromatic heterocycles. The van der Waals surface area contributed by atoms with Gasteiger partial charge in [-0.1, -0.05) is 35.3 Å². The van der Waals surface area contributed by atoms with Gasteiger partial charge in [0.05, 0.1) is 48.3 Å². The van der Waals surface area contributed by atoms with Crippen molar-refractivity contribution in [1.82, 2.24) is 25.5 Å². The summed E-state index contributed by atoms with van der Waals surface area (Å²) in [6, 6.07) is 14.3. The van der Waals surface area contributed by atoms with Gasteiger partial charge in [0.1, 0.15) is 0 Å². The third kappa shape index (κ3) is 10.4. The van der Waals surface area contributed by atoms with Crippen LogP contribution in [0.3, 0.4) is 0 Å². The summed E-state index contributed by atoms with van der Waals surface area (Å²) in [5, 5.41) is 47.1. The minimum atomic E-state index is -1.13. The van der Waals surface area contributed by atoms with E-state index >= 15 is 0 Å². The van der Waals surface area contributed by atoms with E-state index in [0.717, 1.165) is 20.9 Å². The molecule has 3 heterocycles. The van der Waals surface area contributed by atoms with Crippen LogP contribution in [0.1, 0.15) is 51.4 Å². The van der Waals surface area contributed by atoms with Gasteiger partial charge in [0.15, 0.2) is 33.3 Å². The molecule has 256 valence electrons. The summed E-state index contributed by atoms with van der Waals surface area (Å²) < 4.78 is 21.3. The normalized spacial score (nSPS) is 11.6. The van der Waals surface area contributed by atoms with Crippen molar-refractivity contribution in [3.63, 3.8) is 0 Å². The van der Waals surface area contributed by atoms with Gasteiger partial charge in [-0.3, -0.25) is 0 Å². The number of aryl methyl sites for hydroxylation is 2. The molecule has 2 aromatic carbocycles. The maximum absolute atomic E-state index is 14.6. The van der Waals surface area contributed by atoms with E-state index in [0.29, 0.717) is 72.4 Å². The zero-order valence-electron chi connectivity index (χ0n) is 26.7. The number of para-hydroxylation sites is 1. The first-order valence-corrected chi connectivity index (χ1v) is 17.3. The summed E-state index contributed by atoms with van der Waals surface area (Å²) in [7, 11) is 0. The van der Waals surface area contributed by atoms with Crippen molar-refractivity contribution in [3.8, 4) is 17.6 Å². The van der Waals surface area contributed by atoms with Crippen molar-refractivity contribution in [1.29, 1.82) is 0 Å². The second-order valence-corrected chi connectivity index (χ2v) is 13.1. The second kappa shape index (κ2) is 17.6. The largest absolute Gasteiger partial charge is 0.491 e. The number of ether oxygens (including phenoxy) is 1. The molecule has 15 heteroatoms. The van der Waals surface area contributed by atoms with Crippen LogP contribution in [0.2, 0.25) is 0 Å². The number of aliphatic hydroxyl groups excluding tert-OH is 2. The van der Waals surface area contributed by atoms with Crippen LogP contribution in [0, 0.1) is 24.6 Å². The van der Waals surface area contributed by atoms with Gasteiger partial charge in [-0.15, -0.1) is 16.4 Å². The maximum atomic E-state index is 14.6. The number of aromatic carboxylic acids is 1. The van der Waals surface area contributed by atoms with E-state index in [1.54, 1.807) is 6.07 Å². The molecule has 0 aliphatic heterocycles. The fraction of sp³-hybridized carbons (Fsp3) is 0.324. The van der Waals surface area contributed by atoms with Crippen LogP contribution in [0.15, 0.2) is 48.5 Å². The first-order chi connectivity index (χ1) is 23.8. The van der Waals surface area contributed by atoms with Gasteiger partial charge >= 0.3 is 5.97 Å². The van der Waals surface area contributed by atoms with E-state index in [1.165, 1.54) is 34.8 Å². The Balaban J connectivity index is 1.07. The molecule has 0 fully saturated rings. The molecule has 0 spiro atoms. The van der Waals surface area contributed by atoms with Crippen LogP contribution in [0.4, 0.5) is 20.5 Å². The standard InChI is InChI=1S/C34H36FN7O5S2/c1-21-17-23(41-42-31(21)40-34-38-26-9-2-3-10-28(26)48-34)19-37-33-39-30(32(45)46)29(49-33)11-6-16-47-27-13-12-22(18-25(27)35)7-4-14-36-15-5-8-24(44)20-43/h2-3,9-10,12-13,17-18,24,36,43-44H,5-6,8,11,14-16,19-20H2,1H3,(H,37,39)(H,45,46)(H,38,40,42)/t24-/m1/s1. The number of rotatable bonds is 17. The number of carboxylic acids is 1. The summed E-state index contributed by atoms with van der Waals surface area (Å²) in [6.07, 6.45) is 1.36. The number of aromatic nitrogens is 4. The minimum absolute atomic E-state index is 0.0310. The molecule has 6 N–H and O–H groups in total. The number of nitrogens with one attached hydrogen (secondary N) is 3. The Morgan fingerprint density at radius 2 is 1.94 bits per heavy atom. The highest BCUT2D eigenvalue weighted by Gasteiger charge is 2.18. The van der Waals surface area contributed by atoms with Crippen LogP contribution in [0.25, 0.3) is 10.2 Å². The quantitative estimate of drug-likeness (QED) is 0.0557. The van der Waals surface area contributed by atoms with Crippen molar-refractivity contribution in [2.24, 2.45) is 0 Å². The average Bonchev–Trinajstić information content (AvgIpc) is 3.70. The number of halogens is 1. The smallest absolute Gasteiger partial charge is 0.355 e. The Morgan fingerprint density at radius 3 is 2.71 bits per heavy atom. The topological polar surface area (TPSA) is 175 Å². The molecule has 0 aliphatic carbocycles. The van der Waals surface area contributed by atoms with E-state index in [9.17, 15) is 19.4 Å². The molecule has 5 rings (SSSR count). The van der Waals surface area contributed by atoms with E-state index in [2.05, 4.69) is 48.0 Å². The molecular weight excluding hydrogens is 670 g/mol. The predicted octanol–water partition coefficient (Wildman–Crippen LogP) is 5.13. The fourth-order valence-corrected chi connectivity index (χ4v) is 6.52. The van der Waals surface area contributed by atoms with Gasteiger partial charge in [-0.2, -0.15) is 5.10 Å². The van der Waals surface area contributed by atoms with E-state index < -0.39 is 17.9 Å². The average molecular weight is 706 g/mol. The van der Waals surface area contributed by atoms with E-state index in [-0.39, 0.29) is 24.7 Å². The number of thiazole rings is 2. The lowest BCUT2D eigenvalue weighted by Gasteiger charge is -2.07. The molecular formula is C34H36FN7O5S2. The lowest BCUT2D eigenvalue weighted by atomic mass is 10.2. The molecule has 12 nitrogen and oxygen atoms in total. The first-order valence-electron chi connectivity index (χ1n) is 15.6. The van der Waals surface area contributed by atoms with Gasteiger partial charge in [-0.25, -0.2) is 19.2 Å². The number of anilines is 3. The molecule has 5 aromatic rings. The first kappa shape index (κ1) is 35.6. The Kier molecular flexibility index (Phi) is 12.8. The molecule has 0 amide bonds. The molecule has 0 saturated heterocycles. The fourth-order valence-electron chi connectivity index (χ4n) is 4.67. The third-order valence-electron chi connectivity index (χ3n) is 7.16. The summed E-state index contributed by atoms with van der Waals surface area (Å²) in [5.74, 6) is 4.85. The highest BCUT2D eigenvalue weighted by molar-refractivity contribution is 7.22. The van der Waals surface area contributed by atoms with Crippen LogP contribution < -0.4 is 20.7 Å². The lowest BCUT2D eigenvalue weighted by molar-refractivity contribution is 0.0690. The Hall–Kier alpha value is -4.72. The maximum Gasteiger partial charge on any atom is 0.355 e. The van der Waals surface area contributed by atoms with Crippen LogP contribution >= 0.6 is 22.7 Å². The van der Waals surface area contributed by atoms with Crippen molar-refractivity contribution in [2.75, 3.05) is 36.9 Å². The molecule has 1 atom stereocenters. The van der Waals surface area contributed by atoms with Crippen molar-refractivity contribution in [2.45, 2.75) is 45.3 Å². The van der Waals surface area contributed by atoms with E-state index in [1.807, 2.05) is 37.3 Å². The number of carbonyl (C=O) groups is 1. The minimum Gasteiger partial charge on any atom is -0.491 e. The number of fused-ring (bicyclic) bond motifs is 1. The lowest BCUT2D eigenvalue weighted by Crippen LogP contribution is -2.19. The summed E-state index contributed by atoms with van der Waals surface area (Å²) in [5.41, 5.74) is 2.94. The monoisotopic (exact) mass is 705 g/mol. The van der Waals surface area contributed by atoms with Crippen molar-refractivity contribution >= 4 is 54.9 Å². The van der Waals surface area contributed by atoms with Crippen LogP contribution in [-0.2, 0) is 13.0 Å². The Labute approximate surface area is 290 Å². The van der Waals surface area contributed by atoms with Crippen LogP contribution in [-0.4, -0.2) is 73.9 Å². The zero-order chi connectivity index (χ0) is 34.6. The van der Waals surface area contributed by atoms with Gasteiger partial charge in [0.2, 0.25) is 0 Å². The number of hydrogen-bond acceptors (Lipinski definition) is 13. The molecule has 0 unspecified atom stereocenters. The van der Waals surface area contributed by atoms with E-state index in [4.69, 9.17) is 9.84 Å². The Morgan fingerprint density at radius 1 is 1.08 bits per heavy atom. The number of carboxylic acid groups (broad SMARTS) is 1. The number of benzene rings is 2. The molecule has 49 heavy (non-hydrogen) atoms. The summed E-state index contributed by atoms with van der Waals surface area (Å²) in [6.45, 7) is 3.22. The third-order valence-corrected chi connectivity index (χ3v) is 9.19. The van der Waals surface area contributed by atoms with Gasteiger partial charge in [-0.05, 0) is 81.1 Å². The molecule has 0 saturated carbocycles. The molecule has 0 aliphatic rings.